The molecule has 0 heterocycles. The summed E-state index contributed by atoms with van der Waals surface area (Å²) in [5.74, 6) is 3.42. The topological polar surface area (TPSA) is 43.4 Å². The number of hydrogen-bond acceptors (Lipinski definition) is 3. The number of carbonyl (C=O) groups is 2. The molecule has 26 heavy (non-hydrogen) atoms. The first-order valence-corrected chi connectivity index (χ1v) is 14.3. The molecule has 4 rings (SSSR count). The van der Waals surface area contributed by atoms with Crippen molar-refractivity contribution in [2.75, 3.05) is 6.61 Å². The van der Waals surface area contributed by atoms with Crippen LogP contribution in [0.1, 0.15) is 64.7 Å². The van der Waals surface area contributed by atoms with Crippen molar-refractivity contribution >= 4 is 19.9 Å². The van der Waals surface area contributed by atoms with Crippen LogP contribution in [0.5, 0.6) is 0 Å². The summed E-state index contributed by atoms with van der Waals surface area (Å²) in [4.78, 5) is 24.8. The fourth-order valence-corrected chi connectivity index (χ4v) is 7.95. The first kappa shape index (κ1) is 18.9. The monoisotopic (exact) mass is 376 g/mol. The number of carbonyl (C=O) groups excluding carboxylic acids is 2. The van der Waals surface area contributed by atoms with Gasteiger partial charge in [-0.3, -0.25) is 9.59 Å². The SMILES string of the molecule is C[C@]12CC[C@@H]3[C@@H](CCC4CC(=O)CC[C@@]43CO[Si](C)(C)C)[C@@H]1CCC2=O. The number of Topliss-reactive ketones (excluding diaryl/α,β-unsaturated/α-hetero) is 2. The number of ketones is 2. The minimum atomic E-state index is -1.59. The summed E-state index contributed by atoms with van der Waals surface area (Å²) in [7, 11) is -1.59. The van der Waals surface area contributed by atoms with Crippen molar-refractivity contribution in [1.82, 2.24) is 0 Å². The van der Waals surface area contributed by atoms with Crippen molar-refractivity contribution in [3.63, 3.8) is 0 Å². The highest BCUT2D eigenvalue weighted by molar-refractivity contribution is 6.69. The lowest BCUT2D eigenvalue weighted by Crippen LogP contribution is -2.57. The van der Waals surface area contributed by atoms with Crippen molar-refractivity contribution < 1.29 is 14.0 Å². The second-order valence-electron chi connectivity index (χ2n) is 10.9. The van der Waals surface area contributed by atoms with Crippen LogP contribution in [0.4, 0.5) is 0 Å². The Balaban J connectivity index is 1.66. The van der Waals surface area contributed by atoms with Crippen LogP contribution in [0, 0.1) is 34.5 Å². The van der Waals surface area contributed by atoms with Gasteiger partial charge in [0.05, 0.1) is 0 Å². The average molecular weight is 377 g/mol. The lowest BCUT2D eigenvalue weighted by atomic mass is 9.45. The molecule has 4 aliphatic carbocycles. The van der Waals surface area contributed by atoms with Crippen molar-refractivity contribution in [3.8, 4) is 0 Å². The van der Waals surface area contributed by atoms with E-state index in [0.717, 1.165) is 45.1 Å². The Hall–Kier alpha value is -0.483. The summed E-state index contributed by atoms with van der Waals surface area (Å²) >= 11 is 0. The van der Waals surface area contributed by atoms with Gasteiger partial charge in [-0.05, 0) is 87.3 Å². The van der Waals surface area contributed by atoms with Gasteiger partial charge >= 0.3 is 0 Å². The quantitative estimate of drug-likeness (QED) is 0.651. The molecule has 6 atom stereocenters. The fraction of sp³-hybridized carbons (Fsp3) is 0.909. The Labute approximate surface area is 159 Å². The molecule has 0 saturated heterocycles. The third kappa shape index (κ3) is 2.86. The summed E-state index contributed by atoms with van der Waals surface area (Å²) in [6.07, 6.45) is 9.08. The van der Waals surface area contributed by atoms with Crippen LogP contribution in [-0.2, 0) is 14.0 Å². The molecule has 4 aliphatic rings. The van der Waals surface area contributed by atoms with Gasteiger partial charge in [-0.25, -0.2) is 0 Å². The number of hydrogen-bond donors (Lipinski definition) is 0. The average Bonchev–Trinajstić information content (AvgIpc) is 2.88. The predicted molar refractivity (Wildman–Crippen MR) is 105 cm³/mol. The molecule has 0 radical (unpaired) electrons. The van der Waals surface area contributed by atoms with Crippen molar-refractivity contribution in [2.24, 2.45) is 34.5 Å². The Bertz CT molecular complexity index is 609. The van der Waals surface area contributed by atoms with E-state index < -0.39 is 8.32 Å². The van der Waals surface area contributed by atoms with E-state index in [1.807, 2.05) is 0 Å². The molecule has 0 N–H and O–H groups in total. The van der Waals surface area contributed by atoms with Gasteiger partial charge in [0.15, 0.2) is 8.32 Å². The molecule has 0 aromatic rings. The van der Waals surface area contributed by atoms with E-state index in [1.165, 1.54) is 19.3 Å². The lowest BCUT2D eigenvalue weighted by Gasteiger charge is -2.60. The zero-order valence-electron chi connectivity index (χ0n) is 17.1. The van der Waals surface area contributed by atoms with Crippen molar-refractivity contribution in [1.29, 1.82) is 0 Å². The van der Waals surface area contributed by atoms with Crippen molar-refractivity contribution in [3.05, 3.63) is 0 Å². The van der Waals surface area contributed by atoms with E-state index in [-0.39, 0.29) is 10.8 Å². The Morgan fingerprint density at radius 1 is 1.00 bits per heavy atom. The summed E-state index contributed by atoms with van der Waals surface area (Å²) < 4.78 is 6.53. The molecule has 0 aliphatic heterocycles. The third-order valence-corrected chi connectivity index (χ3v) is 9.67. The molecule has 0 spiro atoms. The highest BCUT2D eigenvalue weighted by atomic mass is 28.4. The molecule has 146 valence electrons. The molecular weight excluding hydrogens is 340 g/mol. The van der Waals surface area contributed by atoms with Crippen LogP contribution in [-0.4, -0.2) is 26.5 Å². The minimum absolute atomic E-state index is 0.0562. The number of fused-ring (bicyclic) bond motifs is 5. The molecular formula is C22H36O3Si. The number of rotatable bonds is 3. The minimum Gasteiger partial charge on any atom is -0.417 e. The highest BCUT2D eigenvalue weighted by Gasteiger charge is 2.61. The van der Waals surface area contributed by atoms with E-state index in [9.17, 15) is 9.59 Å². The Morgan fingerprint density at radius 3 is 2.50 bits per heavy atom. The first-order valence-electron chi connectivity index (χ1n) is 10.8. The maximum atomic E-state index is 12.6. The van der Waals surface area contributed by atoms with Crippen LogP contribution in [0.2, 0.25) is 19.6 Å². The van der Waals surface area contributed by atoms with Crippen LogP contribution in [0.15, 0.2) is 0 Å². The van der Waals surface area contributed by atoms with Gasteiger partial charge in [0, 0.05) is 31.3 Å². The summed E-state index contributed by atoms with van der Waals surface area (Å²) in [5.41, 5.74) is 0.142. The van der Waals surface area contributed by atoms with E-state index in [2.05, 4.69) is 26.6 Å². The van der Waals surface area contributed by atoms with Gasteiger partial charge in [0.2, 0.25) is 0 Å². The normalized spacial score (nSPS) is 45.8. The smallest absolute Gasteiger partial charge is 0.183 e. The predicted octanol–water partition coefficient (Wildman–Crippen LogP) is 5.00. The fourth-order valence-electron chi connectivity index (χ4n) is 7.25. The van der Waals surface area contributed by atoms with Gasteiger partial charge in [-0.2, -0.15) is 0 Å². The van der Waals surface area contributed by atoms with Gasteiger partial charge in [-0.15, -0.1) is 0 Å². The highest BCUT2D eigenvalue weighted by Crippen LogP contribution is 2.65. The summed E-state index contributed by atoms with van der Waals surface area (Å²) in [6, 6.07) is 0. The Kier molecular flexibility index (Phi) is 4.55. The van der Waals surface area contributed by atoms with E-state index in [4.69, 9.17) is 4.43 Å². The van der Waals surface area contributed by atoms with E-state index in [1.54, 1.807) is 0 Å². The van der Waals surface area contributed by atoms with Crippen LogP contribution >= 0.6 is 0 Å². The molecule has 0 aromatic heterocycles. The summed E-state index contributed by atoms with van der Waals surface area (Å²) in [6.45, 7) is 9.95. The zero-order chi connectivity index (χ0) is 18.7. The van der Waals surface area contributed by atoms with Crippen molar-refractivity contribution in [2.45, 2.75) is 84.4 Å². The van der Waals surface area contributed by atoms with Gasteiger partial charge in [-0.1, -0.05) is 6.92 Å². The molecule has 0 amide bonds. The molecule has 3 nitrogen and oxygen atoms in total. The second-order valence-corrected chi connectivity index (χ2v) is 15.5. The zero-order valence-corrected chi connectivity index (χ0v) is 18.1. The van der Waals surface area contributed by atoms with Crippen LogP contribution in [0.3, 0.4) is 0 Å². The van der Waals surface area contributed by atoms with E-state index in [0.29, 0.717) is 35.2 Å². The summed E-state index contributed by atoms with van der Waals surface area (Å²) in [5, 5.41) is 0. The largest absolute Gasteiger partial charge is 0.417 e. The maximum absolute atomic E-state index is 12.6. The molecule has 1 unspecified atom stereocenters. The lowest BCUT2D eigenvalue weighted by molar-refractivity contribution is -0.153. The van der Waals surface area contributed by atoms with Gasteiger partial charge in [0.25, 0.3) is 0 Å². The second kappa shape index (κ2) is 6.27. The maximum Gasteiger partial charge on any atom is 0.183 e. The first-order chi connectivity index (χ1) is 12.2. The van der Waals surface area contributed by atoms with Gasteiger partial charge in [0.1, 0.15) is 11.6 Å². The molecule has 0 aromatic carbocycles. The van der Waals surface area contributed by atoms with Crippen LogP contribution < -0.4 is 0 Å². The standard InChI is InChI=1S/C22H36O3Si/c1-21-11-10-19-17(18(21)7-8-20(21)24)6-5-15-13-16(23)9-12-22(15,19)14-25-26(2,3)4/h15,17-19H,5-14H2,1-4H3/t15?,17-,18-,19+,21-,22+/m0/s1. The van der Waals surface area contributed by atoms with E-state index >= 15 is 0 Å². The molecule has 4 fully saturated rings. The Morgan fingerprint density at radius 2 is 1.77 bits per heavy atom. The third-order valence-electron chi connectivity index (χ3n) is 8.66. The molecule has 0 bridgehead atoms. The molecule has 4 saturated carbocycles. The van der Waals surface area contributed by atoms with Gasteiger partial charge < -0.3 is 4.43 Å². The molecule has 4 heteroatoms. The van der Waals surface area contributed by atoms with Crippen LogP contribution in [0.25, 0.3) is 0 Å².